The number of hydrogen-bond acceptors (Lipinski definition) is 6. The zero-order chi connectivity index (χ0) is 19.9. The Hall–Kier alpha value is -3.79. The second-order valence-electron chi connectivity index (χ2n) is 6.02. The number of carbonyl (C=O) groups is 1. The van der Waals surface area contributed by atoms with E-state index < -0.39 is 0 Å². The molecule has 3 rings (SSSR count). The summed E-state index contributed by atoms with van der Waals surface area (Å²) in [6, 6.07) is 15.7. The van der Waals surface area contributed by atoms with Crippen molar-refractivity contribution >= 4 is 11.6 Å². The SMILES string of the molecule is Cc1noc(C)c1COc1ccccc1C(=O)Nc1cccc(OCC#N)c1. The Morgan fingerprint density at radius 1 is 1.18 bits per heavy atom. The third-order valence-electron chi connectivity index (χ3n) is 4.08. The number of rotatable bonds is 7. The van der Waals surface area contributed by atoms with E-state index >= 15 is 0 Å². The van der Waals surface area contributed by atoms with Crippen LogP contribution in [0.4, 0.5) is 5.69 Å². The predicted octanol–water partition coefficient (Wildman–Crippen LogP) is 4.03. The molecule has 0 bridgehead atoms. The predicted molar refractivity (Wildman–Crippen MR) is 102 cm³/mol. The van der Waals surface area contributed by atoms with Crippen molar-refractivity contribution in [2.45, 2.75) is 20.5 Å². The van der Waals surface area contributed by atoms with Crippen LogP contribution in [0.1, 0.15) is 27.4 Å². The summed E-state index contributed by atoms with van der Waals surface area (Å²) >= 11 is 0. The minimum absolute atomic E-state index is 0.0597. The van der Waals surface area contributed by atoms with Gasteiger partial charge in [-0.15, -0.1) is 0 Å². The fourth-order valence-corrected chi connectivity index (χ4v) is 2.62. The number of anilines is 1. The molecule has 3 aromatic rings. The quantitative estimate of drug-likeness (QED) is 0.668. The first-order valence-corrected chi connectivity index (χ1v) is 8.63. The Labute approximate surface area is 162 Å². The van der Waals surface area contributed by atoms with E-state index in [-0.39, 0.29) is 19.1 Å². The Balaban J connectivity index is 1.73. The van der Waals surface area contributed by atoms with Gasteiger partial charge < -0.3 is 19.3 Å². The number of nitriles is 1. The second-order valence-corrected chi connectivity index (χ2v) is 6.02. The minimum Gasteiger partial charge on any atom is -0.488 e. The fraction of sp³-hybridized carbons (Fsp3) is 0.190. The highest BCUT2D eigenvalue weighted by molar-refractivity contribution is 6.06. The summed E-state index contributed by atoms with van der Waals surface area (Å²) in [4.78, 5) is 12.7. The van der Waals surface area contributed by atoms with Crippen molar-refractivity contribution < 1.29 is 18.8 Å². The summed E-state index contributed by atoms with van der Waals surface area (Å²) in [6.07, 6.45) is 0. The van der Waals surface area contributed by atoms with Crippen molar-refractivity contribution in [1.82, 2.24) is 5.16 Å². The Bertz CT molecular complexity index is 1000. The van der Waals surface area contributed by atoms with Crippen molar-refractivity contribution in [3.63, 3.8) is 0 Å². The Kier molecular flexibility index (Phi) is 5.92. The third kappa shape index (κ3) is 4.48. The first kappa shape index (κ1) is 19.0. The molecule has 0 aliphatic rings. The first-order chi connectivity index (χ1) is 13.6. The van der Waals surface area contributed by atoms with Crippen LogP contribution in [0.5, 0.6) is 11.5 Å². The number of aryl methyl sites for hydroxylation is 2. The number of nitrogens with one attached hydrogen (secondary N) is 1. The number of para-hydroxylation sites is 1. The molecule has 1 N–H and O–H groups in total. The molecular formula is C21H19N3O4. The van der Waals surface area contributed by atoms with Crippen LogP contribution in [-0.4, -0.2) is 17.7 Å². The number of benzene rings is 2. The van der Waals surface area contributed by atoms with E-state index in [0.29, 0.717) is 28.5 Å². The summed E-state index contributed by atoms with van der Waals surface area (Å²) in [6.45, 7) is 3.85. The van der Waals surface area contributed by atoms with Crippen LogP contribution in [0.3, 0.4) is 0 Å². The van der Waals surface area contributed by atoms with E-state index in [0.717, 1.165) is 11.3 Å². The maximum Gasteiger partial charge on any atom is 0.259 e. The number of amides is 1. The fourth-order valence-electron chi connectivity index (χ4n) is 2.62. The number of carbonyl (C=O) groups excluding carboxylic acids is 1. The van der Waals surface area contributed by atoms with Gasteiger partial charge in [-0.25, -0.2) is 0 Å². The lowest BCUT2D eigenvalue weighted by Gasteiger charge is -2.12. The topological polar surface area (TPSA) is 97.4 Å². The van der Waals surface area contributed by atoms with Gasteiger partial charge >= 0.3 is 0 Å². The largest absolute Gasteiger partial charge is 0.488 e. The monoisotopic (exact) mass is 377 g/mol. The first-order valence-electron chi connectivity index (χ1n) is 8.63. The van der Waals surface area contributed by atoms with Crippen LogP contribution in [0, 0.1) is 25.2 Å². The highest BCUT2D eigenvalue weighted by Crippen LogP contribution is 2.24. The van der Waals surface area contributed by atoms with E-state index in [1.165, 1.54) is 0 Å². The van der Waals surface area contributed by atoms with Crippen LogP contribution in [-0.2, 0) is 6.61 Å². The van der Waals surface area contributed by atoms with Gasteiger partial charge in [-0.3, -0.25) is 4.79 Å². The lowest BCUT2D eigenvalue weighted by Crippen LogP contribution is -2.14. The summed E-state index contributed by atoms with van der Waals surface area (Å²) in [5.41, 5.74) is 2.57. The average molecular weight is 377 g/mol. The van der Waals surface area contributed by atoms with Crippen molar-refractivity contribution in [2.75, 3.05) is 11.9 Å². The molecule has 0 spiro atoms. The van der Waals surface area contributed by atoms with Gasteiger partial charge in [0.05, 0.1) is 16.8 Å². The average Bonchev–Trinajstić information content (AvgIpc) is 3.03. The van der Waals surface area contributed by atoms with E-state index in [4.69, 9.17) is 19.3 Å². The summed E-state index contributed by atoms with van der Waals surface area (Å²) < 4.78 is 16.3. The standard InChI is InChI=1S/C21H19N3O4/c1-14-19(15(2)28-24-14)13-27-20-9-4-3-8-18(20)21(25)23-16-6-5-7-17(12-16)26-11-10-22/h3-9,12H,11,13H2,1-2H3,(H,23,25). The van der Waals surface area contributed by atoms with Gasteiger partial charge in [-0.2, -0.15) is 5.26 Å². The van der Waals surface area contributed by atoms with Crippen LogP contribution in [0.15, 0.2) is 53.1 Å². The summed E-state index contributed by atoms with van der Waals surface area (Å²) in [5, 5.41) is 15.3. The normalized spacial score (nSPS) is 10.2. The molecule has 28 heavy (non-hydrogen) atoms. The molecule has 0 fully saturated rings. The van der Waals surface area contributed by atoms with Gasteiger partial charge in [0.15, 0.2) is 6.61 Å². The van der Waals surface area contributed by atoms with Gasteiger partial charge in [0.2, 0.25) is 0 Å². The third-order valence-corrected chi connectivity index (χ3v) is 4.08. The van der Waals surface area contributed by atoms with Crippen molar-refractivity contribution in [3.05, 3.63) is 71.1 Å². The van der Waals surface area contributed by atoms with Gasteiger partial charge in [0.25, 0.3) is 5.91 Å². The smallest absolute Gasteiger partial charge is 0.259 e. The van der Waals surface area contributed by atoms with Crippen molar-refractivity contribution in [2.24, 2.45) is 0 Å². The van der Waals surface area contributed by atoms with Gasteiger partial charge in [0, 0.05) is 11.8 Å². The molecule has 0 saturated carbocycles. The number of aromatic nitrogens is 1. The van der Waals surface area contributed by atoms with Crippen molar-refractivity contribution in [3.8, 4) is 17.6 Å². The number of ether oxygens (including phenoxy) is 2. The maximum atomic E-state index is 12.7. The van der Waals surface area contributed by atoms with Crippen LogP contribution in [0.2, 0.25) is 0 Å². The van der Waals surface area contributed by atoms with E-state index in [9.17, 15) is 4.79 Å². The molecule has 0 aliphatic heterocycles. The Morgan fingerprint density at radius 3 is 2.75 bits per heavy atom. The van der Waals surface area contributed by atoms with E-state index in [2.05, 4.69) is 10.5 Å². The molecule has 0 unspecified atom stereocenters. The van der Waals surface area contributed by atoms with Crippen molar-refractivity contribution in [1.29, 1.82) is 5.26 Å². The lowest BCUT2D eigenvalue weighted by atomic mass is 10.1. The van der Waals surface area contributed by atoms with Crippen LogP contribution < -0.4 is 14.8 Å². The van der Waals surface area contributed by atoms with Gasteiger partial charge in [-0.05, 0) is 38.1 Å². The molecule has 0 aliphatic carbocycles. The number of nitrogens with zero attached hydrogens (tertiary/aromatic N) is 2. The zero-order valence-corrected chi connectivity index (χ0v) is 15.6. The summed E-state index contributed by atoms with van der Waals surface area (Å²) in [7, 11) is 0. The molecule has 0 atom stereocenters. The molecule has 0 saturated heterocycles. The molecule has 1 amide bonds. The minimum atomic E-state index is -0.313. The van der Waals surface area contributed by atoms with Crippen LogP contribution in [0.25, 0.3) is 0 Å². The molecule has 7 heteroatoms. The zero-order valence-electron chi connectivity index (χ0n) is 15.6. The van der Waals surface area contributed by atoms with E-state index in [1.54, 1.807) is 48.5 Å². The number of hydrogen-bond donors (Lipinski definition) is 1. The molecular weight excluding hydrogens is 358 g/mol. The molecule has 142 valence electrons. The van der Waals surface area contributed by atoms with Crippen LogP contribution >= 0.6 is 0 Å². The molecule has 1 aromatic heterocycles. The lowest BCUT2D eigenvalue weighted by molar-refractivity contribution is 0.102. The Morgan fingerprint density at radius 2 is 2.00 bits per heavy atom. The summed E-state index contributed by atoms with van der Waals surface area (Å²) in [5.74, 6) is 1.33. The molecule has 0 radical (unpaired) electrons. The maximum absolute atomic E-state index is 12.7. The highest BCUT2D eigenvalue weighted by Gasteiger charge is 2.15. The second kappa shape index (κ2) is 8.73. The molecule has 2 aromatic carbocycles. The van der Waals surface area contributed by atoms with E-state index in [1.807, 2.05) is 19.9 Å². The highest BCUT2D eigenvalue weighted by atomic mass is 16.5. The molecule has 1 heterocycles. The van der Waals surface area contributed by atoms with Gasteiger partial charge in [-0.1, -0.05) is 23.4 Å². The molecule has 7 nitrogen and oxygen atoms in total. The van der Waals surface area contributed by atoms with Gasteiger partial charge in [0.1, 0.15) is 29.9 Å².